The van der Waals surface area contributed by atoms with Gasteiger partial charge >= 0.3 is 0 Å². The van der Waals surface area contributed by atoms with Gasteiger partial charge in [0.1, 0.15) is 0 Å². The molecule has 0 saturated heterocycles. The fourth-order valence-corrected chi connectivity index (χ4v) is 21.5. The van der Waals surface area contributed by atoms with Crippen LogP contribution in [-0.2, 0) is 13.3 Å². The molecule has 0 rings (SSSR count). The second kappa shape index (κ2) is 17.6. The third-order valence-corrected chi connectivity index (χ3v) is 25.6. The van der Waals surface area contributed by atoms with E-state index < -0.39 is 33.0 Å². The van der Waals surface area contributed by atoms with Gasteiger partial charge in [-0.2, -0.15) is 0 Å². The average Bonchev–Trinajstić information content (AvgIpc) is 2.89. The van der Waals surface area contributed by atoms with E-state index in [9.17, 15) is 0 Å². The lowest BCUT2D eigenvalue weighted by molar-refractivity contribution is 0.0481. The van der Waals surface area contributed by atoms with E-state index in [1.54, 1.807) is 0 Å². The smallest absolute Gasteiger partial charge is 0.217 e. The highest BCUT2D eigenvalue weighted by atomic mass is 28.4. The molecule has 3 nitrogen and oxygen atoms in total. The van der Waals surface area contributed by atoms with Crippen LogP contribution >= 0.6 is 0 Å². The van der Waals surface area contributed by atoms with Gasteiger partial charge in [-0.3, -0.25) is 0 Å². The molecule has 0 aromatic rings. The standard InChI is InChI=1S/C35H80O3Si4/c1-18-24-25-26-27-28-29-30-31-42(17,37-34(8,21-4)39(9,10)11)33(7,20-3)32(19-2)36-41(15,16)35(22-5,23-6)38-40(12,13)14/h32H,18-31H2,1-17H3. The Morgan fingerprint density at radius 1 is 0.571 bits per heavy atom. The highest BCUT2D eigenvalue weighted by Gasteiger charge is 2.58. The maximum absolute atomic E-state index is 7.78. The molecule has 0 amide bonds. The summed E-state index contributed by atoms with van der Waals surface area (Å²) in [4.78, 5) is 0. The van der Waals surface area contributed by atoms with Crippen molar-refractivity contribution in [1.82, 2.24) is 0 Å². The molecule has 0 radical (unpaired) electrons. The molecule has 42 heavy (non-hydrogen) atoms. The van der Waals surface area contributed by atoms with Crippen LogP contribution in [0.2, 0.25) is 70.0 Å². The topological polar surface area (TPSA) is 27.7 Å². The minimum atomic E-state index is -2.26. The summed E-state index contributed by atoms with van der Waals surface area (Å²) in [6.07, 6.45) is 16.4. The molecule has 0 N–H and O–H groups in total. The molecule has 0 saturated carbocycles. The van der Waals surface area contributed by atoms with Crippen molar-refractivity contribution in [1.29, 1.82) is 0 Å². The van der Waals surface area contributed by atoms with Gasteiger partial charge in [0.15, 0.2) is 16.6 Å². The number of hydrogen-bond donors (Lipinski definition) is 0. The van der Waals surface area contributed by atoms with E-state index in [0.29, 0.717) is 0 Å². The van der Waals surface area contributed by atoms with E-state index in [1.165, 1.54) is 57.4 Å². The Morgan fingerprint density at radius 3 is 1.40 bits per heavy atom. The van der Waals surface area contributed by atoms with Crippen LogP contribution in [0.15, 0.2) is 0 Å². The summed E-state index contributed by atoms with van der Waals surface area (Å²) < 4.78 is 22.5. The molecule has 0 aromatic carbocycles. The van der Waals surface area contributed by atoms with Crippen LogP contribution in [0.5, 0.6) is 0 Å². The third-order valence-electron chi connectivity index (χ3n) is 11.4. The lowest BCUT2D eigenvalue weighted by Crippen LogP contribution is -2.66. The number of unbranched alkanes of at least 4 members (excludes halogenated alkanes) is 7. The Kier molecular flexibility index (Phi) is 17.9. The quantitative estimate of drug-likeness (QED) is 0.0761. The van der Waals surface area contributed by atoms with E-state index in [1.807, 2.05) is 0 Å². The molecule has 0 heterocycles. The maximum Gasteiger partial charge on any atom is 0.217 e. The SMILES string of the molecule is CCCCCCCCCC[Si](C)(OC(C)(CC)[Si](C)(C)C)C(C)(CC)C(CC)O[Si](C)(C)C(CC)(CC)O[Si](C)(C)C. The fourth-order valence-electron chi connectivity index (χ4n) is 7.33. The minimum Gasteiger partial charge on any atom is -0.414 e. The number of rotatable bonds is 24. The highest BCUT2D eigenvalue weighted by molar-refractivity contribution is 6.82. The van der Waals surface area contributed by atoms with Crippen molar-refractivity contribution in [3.63, 3.8) is 0 Å². The van der Waals surface area contributed by atoms with Gasteiger partial charge in [-0.05, 0) is 84.4 Å². The van der Waals surface area contributed by atoms with Gasteiger partial charge in [0.25, 0.3) is 0 Å². The van der Waals surface area contributed by atoms with Gasteiger partial charge in [0.05, 0.1) is 19.4 Å². The lowest BCUT2D eigenvalue weighted by atomic mass is 9.98. The normalized spacial score (nSPS) is 18.8. The van der Waals surface area contributed by atoms with Crippen molar-refractivity contribution >= 4 is 33.0 Å². The lowest BCUT2D eigenvalue weighted by Gasteiger charge is -2.57. The van der Waals surface area contributed by atoms with Crippen molar-refractivity contribution < 1.29 is 13.3 Å². The summed E-state index contributed by atoms with van der Waals surface area (Å²) in [7, 11) is -7.85. The monoisotopic (exact) mass is 661 g/mol. The predicted molar refractivity (Wildman–Crippen MR) is 201 cm³/mol. The van der Waals surface area contributed by atoms with Crippen LogP contribution in [0.4, 0.5) is 0 Å². The van der Waals surface area contributed by atoms with Gasteiger partial charge in [-0.1, -0.05) is 119 Å². The van der Waals surface area contributed by atoms with Crippen molar-refractivity contribution in [2.75, 3.05) is 0 Å². The van der Waals surface area contributed by atoms with Crippen molar-refractivity contribution in [2.24, 2.45) is 0 Å². The minimum absolute atomic E-state index is 0.0205. The summed E-state index contributed by atoms with van der Waals surface area (Å²) in [6.45, 7) is 41.2. The molecule has 0 bridgehead atoms. The van der Waals surface area contributed by atoms with Crippen LogP contribution in [0.1, 0.15) is 139 Å². The summed E-state index contributed by atoms with van der Waals surface area (Å²) in [5.74, 6) is 0. The van der Waals surface area contributed by atoms with Gasteiger partial charge < -0.3 is 13.3 Å². The van der Waals surface area contributed by atoms with Crippen LogP contribution in [-0.4, -0.2) is 49.6 Å². The van der Waals surface area contributed by atoms with E-state index in [0.717, 1.165) is 32.1 Å². The molecule has 4 atom stereocenters. The Balaban J connectivity index is 6.53. The first-order valence-electron chi connectivity index (χ1n) is 18.2. The molecular weight excluding hydrogens is 581 g/mol. The number of hydrogen-bond acceptors (Lipinski definition) is 3. The van der Waals surface area contributed by atoms with E-state index in [4.69, 9.17) is 13.3 Å². The summed E-state index contributed by atoms with van der Waals surface area (Å²) >= 11 is 0. The van der Waals surface area contributed by atoms with Crippen LogP contribution < -0.4 is 0 Å². The fraction of sp³-hybridized carbons (Fsp3) is 1.00. The Morgan fingerprint density at radius 2 is 1.05 bits per heavy atom. The average molecular weight is 661 g/mol. The van der Waals surface area contributed by atoms with E-state index >= 15 is 0 Å². The molecular formula is C35H80O3Si4. The summed E-state index contributed by atoms with van der Waals surface area (Å²) in [6, 6.07) is 1.24. The van der Waals surface area contributed by atoms with Crippen molar-refractivity contribution in [2.45, 2.75) is 225 Å². The second-order valence-corrected chi connectivity index (χ2v) is 35.1. The Labute approximate surface area is 270 Å². The molecule has 4 unspecified atom stereocenters. The zero-order chi connectivity index (χ0) is 33.1. The van der Waals surface area contributed by atoms with Crippen LogP contribution in [0.25, 0.3) is 0 Å². The highest BCUT2D eigenvalue weighted by Crippen LogP contribution is 2.54. The first-order valence-corrected chi connectivity index (χ1v) is 30.6. The second-order valence-electron chi connectivity index (χ2n) is 16.6. The zero-order valence-electron chi connectivity index (χ0n) is 32.2. The first kappa shape index (κ1) is 42.7. The van der Waals surface area contributed by atoms with Crippen LogP contribution in [0, 0.1) is 0 Å². The molecule has 7 heteroatoms. The maximum atomic E-state index is 7.78. The third kappa shape index (κ3) is 11.2. The molecule has 0 aliphatic heterocycles. The van der Waals surface area contributed by atoms with Gasteiger partial charge in [-0.15, -0.1) is 0 Å². The van der Waals surface area contributed by atoms with Crippen LogP contribution in [0.3, 0.4) is 0 Å². The Bertz CT molecular complexity index is 743. The van der Waals surface area contributed by atoms with Crippen molar-refractivity contribution in [3.8, 4) is 0 Å². The van der Waals surface area contributed by atoms with Gasteiger partial charge in [0, 0.05) is 10.3 Å². The Hall–Kier alpha value is 0.748. The molecule has 254 valence electrons. The largest absolute Gasteiger partial charge is 0.414 e. The van der Waals surface area contributed by atoms with Crippen molar-refractivity contribution in [3.05, 3.63) is 0 Å². The summed E-state index contributed by atoms with van der Waals surface area (Å²) in [5.41, 5.74) is 0. The first-order chi connectivity index (χ1) is 19.1. The van der Waals surface area contributed by atoms with E-state index in [-0.39, 0.29) is 21.6 Å². The molecule has 0 aliphatic rings. The molecule has 0 fully saturated rings. The molecule has 0 aromatic heterocycles. The molecule has 0 aliphatic carbocycles. The van der Waals surface area contributed by atoms with Gasteiger partial charge in [-0.25, -0.2) is 0 Å². The molecule has 0 spiro atoms. The predicted octanol–water partition coefficient (Wildman–Crippen LogP) is 12.9. The van der Waals surface area contributed by atoms with Gasteiger partial charge in [0.2, 0.25) is 8.32 Å². The van der Waals surface area contributed by atoms with E-state index in [2.05, 4.69) is 114 Å². The zero-order valence-corrected chi connectivity index (χ0v) is 36.2. The summed E-state index contributed by atoms with van der Waals surface area (Å²) in [5, 5.41) is -0.130.